The summed E-state index contributed by atoms with van der Waals surface area (Å²) in [6, 6.07) is 12.4. The highest BCUT2D eigenvalue weighted by atomic mass is 32.2. The number of carbonyl (C=O) groups excluding carboxylic acids is 1. The van der Waals surface area contributed by atoms with Crippen molar-refractivity contribution < 1.29 is 17.9 Å². The van der Waals surface area contributed by atoms with E-state index in [9.17, 15) is 13.2 Å². The first-order valence-corrected chi connectivity index (χ1v) is 14.5. The molecule has 3 heterocycles. The summed E-state index contributed by atoms with van der Waals surface area (Å²) in [5, 5.41) is 12.6. The quantitative estimate of drug-likeness (QED) is 0.346. The molecule has 0 bridgehead atoms. The zero-order valence-corrected chi connectivity index (χ0v) is 23.1. The Hall–Kier alpha value is -3.91. The number of nitriles is 1. The number of fused-ring (bicyclic) bond motifs is 3. The van der Waals surface area contributed by atoms with Crippen LogP contribution in [0.5, 0.6) is 0 Å². The van der Waals surface area contributed by atoms with Gasteiger partial charge in [0.25, 0.3) is 10.0 Å². The molecule has 4 aromatic rings. The van der Waals surface area contributed by atoms with Crippen LogP contribution in [0.2, 0.25) is 0 Å². The molecule has 11 heteroatoms. The summed E-state index contributed by atoms with van der Waals surface area (Å²) in [7, 11) is -3.85. The number of hydrogen-bond acceptors (Lipinski definition) is 7. The number of nitrogens with one attached hydrogen (secondary N) is 1. The predicted octanol–water partition coefficient (Wildman–Crippen LogP) is 5.29. The standard InChI is InChI=1S/C28H32N6O4S/c1-28(2,3)38-27(35)31-18-24-32-23-17-30-26-22(14-16-33(26)39(36,37)21-7-5-4-6-8-21)25(23)34(24)20-11-9-19(10-12-20)13-15-29/h4-8,14,16-17,19-20H,9-13,18H2,1-3H3,(H,31,35)/t19-,20-. The van der Waals surface area contributed by atoms with Crippen LogP contribution in [0.15, 0.2) is 53.7 Å². The molecule has 10 nitrogen and oxygen atoms in total. The van der Waals surface area contributed by atoms with E-state index in [-0.39, 0.29) is 17.5 Å². The second kappa shape index (κ2) is 10.3. The Kier molecular flexibility index (Phi) is 7.07. The Morgan fingerprint density at radius 1 is 1.15 bits per heavy atom. The number of aromatic nitrogens is 4. The third kappa shape index (κ3) is 5.34. The summed E-state index contributed by atoms with van der Waals surface area (Å²) in [6.07, 6.45) is 6.64. The van der Waals surface area contributed by atoms with Gasteiger partial charge in [-0.1, -0.05) is 18.2 Å². The van der Waals surface area contributed by atoms with Crippen LogP contribution in [-0.4, -0.2) is 38.6 Å². The number of benzene rings is 1. The van der Waals surface area contributed by atoms with Gasteiger partial charge in [-0.05, 0) is 70.6 Å². The number of ether oxygens (including phenoxy) is 1. The smallest absolute Gasteiger partial charge is 0.408 e. The Morgan fingerprint density at radius 3 is 2.54 bits per heavy atom. The monoisotopic (exact) mass is 548 g/mol. The van der Waals surface area contributed by atoms with Crippen LogP contribution in [0.1, 0.15) is 64.7 Å². The van der Waals surface area contributed by atoms with Crippen molar-refractivity contribution in [3.8, 4) is 6.07 Å². The molecule has 39 heavy (non-hydrogen) atoms. The van der Waals surface area contributed by atoms with E-state index in [1.165, 1.54) is 10.2 Å². The number of rotatable bonds is 6. The highest BCUT2D eigenvalue weighted by Crippen LogP contribution is 2.38. The van der Waals surface area contributed by atoms with Gasteiger partial charge in [-0.25, -0.2) is 27.2 Å². The fourth-order valence-corrected chi connectivity index (χ4v) is 6.64. The van der Waals surface area contributed by atoms with Gasteiger partial charge in [0.15, 0.2) is 5.65 Å². The summed E-state index contributed by atoms with van der Waals surface area (Å²) in [5.74, 6) is 1.01. The topological polar surface area (TPSA) is 132 Å². The van der Waals surface area contributed by atoms with E-state index in [2.05, 4.69) is 20.9 Å². The van der Waals surface area contributed by atoms with Crippen LogP contribution in [0.3, 0.4) is 0 Å². The van der Waals surface area contributed by atoms with Crippen LogP contribution in [-0.2, 0) is 21.3 Å². The van der Waals surface area contributed by atoms with Crippen molar-refractivity contribution in [1.82, 2.24) is 23.8 Å². The summed E-state index contributed by atoms with van der Waals surface area (Å²) >= 11 is 0. The Morgan fingerprint density at radius 2 is 1.87 bits per heavy atom. The van der Waals surface area contributed by atoms with Crippen LogP contribution in [0, 0.1) is 17.2 Å². The number of amides is 1. The van der Waals surface area contributed by atoms with Gasteiger partial charge >= 0.3 is 6.09 Å². The van der Waals surface area contributed by atoms with Crippen molar-refractivity contribution >= 4 is 38.2 Å². The maximum atomic E-state index is 13.4. The largest absolute Gasteiger partial charge is 0.444 e. The molecule has 0 spiro atoms. The maximum absolute atomic E-state index is 13.4. The fraction of sp³-hybridized carbons (Fsp3) is 0.429. The minimum Gasteiger partial charge on any atom is -0.444 e. The third-order valence-corrected chi connectivity index (χ3v) is 8.73. The number of alkyl carbamates (subject to hydrolysis) is 1. The molecule has 0 unspecified atom stereocenters. The Balaban J connectivity index is 1.59. The van der Waals surface area contributed by atoms with Crippen LogP contribution in [0.4, 0.5) is 4.79 Å². The molecule has 0 radical (unpaired) electrons. The summed E-state index contributed by atoms with van der Waals surface area (Å²) in [5.41, 5.74) is 1.09. The lowest BCUT2D eigenvalue weighted by molar-refractivity contribution is 0.0521. The molecule has 0 aliphatic heterocycles. The first-order valence-electron chi connectivity index (χ1n) is 13.1. The van der Waals surface area contributed by atoms with E-state index in [1.807, 2.05) is 0 Å². The minimum atomic E-state index is -3.85. The van der Waals surface area contributed by atoms with E-state index in [1.54, 1.807) is 63.4 Å². The third-order valence-electron chi connectivity index (χ3n) is 7.05. The average molecular weight is 549 g/mol. The second-order valence-corrected chi connectivity index (χ2v) is 12.8. The van der Waals surface area contributed by atoms with Gasteiger partial charge in [-0.3, -0.25) is 0 Å². The second-order valence-electron chi connectivity index (χ2n) is 10.9. The Bertz CT molecular complexity index is 1650. The molecule has 0 atom stereocenters. The van der Waals surface area contributed by atoms with Crippen molar-refractivity contribution in [2.75, 3.05) is 0 Å². The van der Waals surface area contributed by atoms with Crippen molar-refractivity contribution in [1.29, 1.82) is 5.26 Å². The summed E-state index contributed by atoms with van der Waals surface area (Å²) < 4.78 is 35.6. The van der Waals surface area contributed by atoms with E-state index >= 15 is 0 Å². The zero-order chi connectivity index (χ0) is 27.8. The SMILES string of the molecule is CC(C)(C)OC(=O)NCc1nc2cnc3c(ccn3S(=O)(=O)c3ccccc3)c2n1[C@H]1CC[C@H](CC#N)CC1. The van der Waals surface area contributed by atoms with Crippen LogP contribution < -0.4 is 5.32 Å². The molecule has 1 amide bonds. The number of pyridine rings is 1. The first-order chi connectivity index (χ1) is 18.6. The first kappa shape index (κ1) is 26.7. The van der Waals surface area contributed by atoms with E-state index in [0.717, 1.165) is 31.2 Å². The van der Waals surface area contributed by atoms with Gasteiger partial charge in [0.1, 0.15) is 16.9 Å². The molecule has 1 saturated carbocycles. The van der Waals surface area contributed by atoms with Crippen LogP contribution >= 0.6 is 0 Å². The summed E-state index contributed by atoms with van der Waals surface area (Å²) in [6.45, 7) is 5.56. The lowest BCUT2D eigenvalue weighted by Crippen LogP contribution is -2.33. The molecular formula is C28H32N6O4S. The highest BCUT2D eigenvalue weighted by molar-refractivity contribution is 7.90. The molecule has 1 N–H and O–H groups in total. The van der Waals surface area contributed by atoms with Crippen molar-refractivity contribution in [2.45, 2.75) is 76.0 Å². The number of hydrogen-bond donors (Lipinski definition) is 1. The summed E-state index contributed by atoms with van der Waals surface area (Å²) in [4.78, 5) is 21.9. The van der Waals surface area contributed by atoms with Gasteiger partial charge < -0.3 is 14.6 Å². The highest BCUT2D eigenvalue weighted by Gasteiger charge is 2.29. The minimum absolute atomic E-state index is 0.0834. The van der Waals surface area contributed by atoms with Gasteiger partial charge in [0.2, 0.25) is 0 Å². The molecule has 1 aliphatic carbocycles. The molecule has 1 fully saturated rings. The average Bonchev–Trinajstić information content (AvgIpc) is 3.49. The van der Waals surface area contributed by atoms with Gasteiger partial charge in [-0.2, -0.15) is 5.26 Å². The number of imidazole rings is 1. The van der Waals surface area contributed by atoms with Gasteiger partial charge in [0.05, 0.1) is 29.2 Å². The Labute approximate surface area is 227 Å². The van der Waals surface area contributed by atoms with Gasteiger partial charge in [-0.15, -0.1) is 0 Å². The van der Waals surface area contributed by atoms with Crippen molar-refractivity contribution in [3.63, 3.8) is 0 Å². The van der Waals surface area contributed by atoms with E-state index in [4.69, 9.17) is 15.0 Å². The molecule has 3 aromatic heterocycles. The number of carbonyl (C=O) groups is 1. The molecule has 0 saturated heterocycles. The zero-order valence-electron chi connectivity index (χ0n) is 22.3. The number of nitrogens with zero attached hydrogens (tertiary/aromatic N) is 5. The van der Waals surface area contributed by atoms with Gasteiger partial charge in [0, 0.05) is 24.0 Å². The van der Waals surface area contributed by atoms with Crippen molar-refractivity contribution in [3.05, 3.63) is 54.6 Å². The molecule has 1 aromatic carbocycles. The lowest BCUT2D eigenvalue weighted by atomic mass is 9.84. The van der Waals surface area contributed by atoms with Crippen molar-refractivity contribution in [2.24, 2.45) is 5.92 Å². The normalized spacial score (nSPS) is 18.2. The van der Waals surface area contributed by atoms with Crippen LogP contribution in [0.25, 0.3) is 22.1 Å². The molecular weight excluding hydrogens is 516 g/mol. The molecule has 204 valence electrons. The molecule has 1 aliphatic rings. The van der Waals surface area contributed by atoms with E-state index in [0.29, 0.717) is 34.7 Å². The lowest BCUT2D eigenvalue weighted by Gasteiger charge is -2.30. The van der Waals surface area contributed by atoms with E-state index < -0.39 is 21.7 Å². The fourth-order valence-electron chi connectivity index (χ4n) is 5.32. The molecule has 5 rings (SSSR count). The predicted molar refractivity (Wildman–Crippen MR) is 146 cm³/mol. The maximum Gasteiger partial charge on any atom is 0.408 e.